The van der Waals surface area contributed by atoms with E-state index in [4.69, 9.17) is 4.74 Å². The van der Waals surface area contributed by atoms with Crippen molar-refractivity contribution in [2.24, 2.45) is 22.7 Å². The molecule has 0 aliphatic carbocycles. The number of thioether (sulfide) groups is 1. The molecular weight excluding hydrogens is 557 g/mol. The van der Waals surface area contributed by atoms with Crippen molar-refractivity contribution >= 4 is 11.8 Å². The van der Waals surface area contributed by atoms with Crippen molar-refractivity contribution in [2.75, 3.05) is 50.9 Å². The third-order valence-electron chi connectivity index (χ3n) is 3.82. The van der Waals surface area contributed by atoms with Crippen LogP contribution in [0.15, 0.2) is 0 Å². The molecule has 0 aromatic rings. The summed E-state index contributed by atoms with van der Waals surface area (Å²) in [5, 5.41) is 6.40. The van der Waals surface area contributed by atoms with Crippen molar-refractivity contribution in [3.8, 4) is 0 Å². The van der Waals surface area contributed by atoms with Crippen LogP contribution < -0.4 is 10.6 Å². The standard InChI is InChI=1S/C5H11N.C5H10O.2C5H12.C4H8S.2C4H10.C3H7N.5CH4/c2*1-2-4-6-5-3-1;2*1-5(2,3)4;1-2-4-5-3-1;2*1-4(2)3;1-2-4-3-1;;;;;/h6H,1-5H2;1-5H2;2*1-4H3;1-4H2;2*4H,1-3H3;4H,1-3H2;5*1H4. The van der Waals surface area contributed by atoms with Gasteiger partial charge < -0.3 is 15.4 Å². The summed E-state index contributed by atoms with van der Waals surface area (Å²) in [7, 11) is 0. The van der Waals surface area contributed by atoms with Crippen LogP contribution in [0.25, 0.3) is 0 Å². The molecule has 0 bridgehead atoms. The average Bonchev–Trinajstić information content (AvgIpc) is 3.33. The first-order valence-corrected chi connectivity index (χ1v) is 17.7. The summed E-state index contributed by atoms with van der Waals surface area (Å²) in [4.78, 5) is 0. The molecule has 4 heterocycles. The minimum atomic E-state index is 0. The number of nitrogens with one attached hydrogen (secondary N) is 2. The van der Waals surface area contributed by atoms with Gasteiger partial charge in [0.2, 0.25) is 0 Å². The van der Waals surface area contributed by atoms with Crippen molar-refractivity contribution in [1.82, 2.24) is 10.6 Å². The first kappa shape index (κ1) is 66.6. The van der Waals surface area contributed by atoms with Gasteiger partial charge in [0.05, 0.1) is 0 Å². The van der Waals surface area contributed by atoms with Gasteiger partial charge in [-0.2, -0.15) is 11.8 Å². The maximum atomic E-state index is 5.07. The minimum Gasteiger partial charge on any atom is -0.381 e. The lowest BCUT2D eigenvalue weighted by Gasteiger charge is -2.09. The van der Waals surface area contributed by atoms with E-state index in [1.165, 1.54) is 95.5 Å². The van der Waals surface area contributed by atoms with Crippen LogP contribution in [0.3, 0.4) is 0 Å². The number of piperidine rings is 1. The molecule has 4 aliphatic rings. The van der Waals surface area contributed by atoms with Gasteiger partial charge in [-0.1, -0.05) is 140 Å². The molecule has 2 N–H and O–H groups in total. The summed E-state index contributed by atoms with van der Waals surface area (Å²) in [5.41, 5.74) is 1.00. The molecule has 44 heavy (non-hydrogen) atoms. The Morgan fingerprint density at radius 1 is 0.432 bits per heavy atom. The Hall–Kier alpha value is 0.230. The third kappa shape index (κ3) is 159. The van der Waals surface area contributed by atoms with E-state index in [1.54, 1.807) is 0 Å². The average molecular weight is 657 g/mol. The fourth-order valence-corrected chi connectivity index (χ4v) is 3.20. The highest BCUT2D eigenvalue weighted by atomic mass is 32.2. The van der Waals surface area contributed by atoms with Crippen molar-refractivity contribution in [1.29, 1.82) is 0 Å². The summed E-state index contributed by atoms with van der Waals surface area (Å²) in [6, 6.07) is 0. The number of hydrogen-bond acceptors (Lipinski definition) is 4. The SMILES string of the molecule is C.C.C.C.C.C1CCNCC1.C1CCOCC1.C1CCSC1.C1CNC1.CC(C)(C)C.CC(C)(C)C.CC(C)C.CC(C)C. The molecule has 4 heteroatoms. The van der Waals surface area contributed by atoms with E-state index in [-0.39, 0.29) is 37.1 Å². The smallest absolute Gasteiger partial charge is 0.0466 e. The molecule has 282 valence electrons. The molecule has 0 radical (unpaired) electrons. The summed E-state index contributed by atoms with van der Waals surface area (Å²) < 4.78 is 5.07. The van der Waals surface area contributed by atoms with Gasteiger partial charge in [-0.25, -0.2) is 0 Å². The van der Waals surface area contributed by atoms with Crippen molar-refractivity contribution in [3.05, 3.63) is 0 Å². The van der Waals surface area contributed by atoms with E-state index >= 15 is 0 Å². The number of hydrogen-bond donors (Lipinski definition) is 2. The van der Waals surface area contributed by atoms with Crippen molar-refractivity contribution in [2.45, 2.75) is 192 Å². The van der Waals surface area contributed by atoms with Crippen LogP contribution in [0.5, 0.6) is 0 Å². The fourth-order valence-electron chi connectivity index (χ4n) is 2.18. The molecule has 4 saturated heterocycles. The summed E-state index contributed by atoms with van der Waals surface area (Å²) in [5.74, 6) is 4.50. The maximum Gasteiger partial charge on any atom is 0.0466 e. The van der Waals surface area contributed by atoms with E-state index < -0.39 is 0 Å². The molecule has 4 rings (SSSR count). The highest BCUT2D eigenvalue weighted by molar-refractivity contribution is 7.99. The predicted octanol–water partition coefficient (Wildman–Crippen LogP) is 14.0. The molecule has 0 aromatic heterocycles. The zero-order valence-electron chi connectivity index (χ0n) is 30.0. The summed E-state index contributed by atoms with van der Waals surface area (Å²) in [6.45, 7) is 37.5. The second kappa shape index (κ2) is 50.1. The van der Waals surface area contributed by atoms with E-state index in [2.05, 4.69) is 119 Å². The number of rotatable bonds is 0. The van der Waals surface area contributed by atoms with Crippen molar-refractivity contribution < 1.29 is 4.74 Å². The van der Waals surface area contributed by atoms with E-state index in [1.807, 2.05) is 0 Å². The van der Waals surface area contributed by atoms with Crippen LogP contribution in [0.2, 0.25) is 0 Å². The molecule has 0 aromatic carbocycles. The molecule has 0 atom stereocenters. The Morgan fingerprint density at radius 3 is 0.727 bits per heavy atom. The van der Waals surface area contributed by atoms with Crippen LogP contribution >= 0.6 is 11.8 Å². The normalized spacial score (nSPS) is 15.8. The van der Waals surface area contributed by atoms with Crippen molar-refractivity contribution in [3.63, 3.8) is 0 Å². The van der Waals surface area contributed by atoms with E-state index in [0.29, 0.717) is 10.8 Å². The summed E-state index contributed by atoms with van der Waals surface area (Å²) in [6.07, 6.45) is 12.5. The highest BCUT2D eigenvalue weighted by Gasteiger charge is 1.97. The molecule has 3 nitrogen and oxygen atoms in total. The number of ether oxygens (including phenoxy) is 1. The molecule has 0 unspecified atom stereocenters. The largest absolute Gasteiger partial charge is 0.381 e. The van der Waals surface area contributed by atoms with Gasteiger partial charge in [-0.15, -0.1) is 0 Å². The second-order valence-corrected chi connectivity index (χ2v) is 16.6. The molecule has 4 fully saturated rings. The lowest BCUT2D eigenvalue weighted by atomic mass is 10.0. The second-order valence-electron chi connectivity index (χ2n) is 15.4. The molecule has 0 spiro atoms. The predicted molar refractivity (Wildman–Crippen MR) is 220 cm³/mol. The topological polar surface area (TPSA) is 33.3 Å². The highest BCUT2D eigenvalue weighted by Crippen LogP contribution is 2.14. The first-order valence-electron chi connectivity index (χ1n) is 16.5. The minimum absolute atomic E-state index is 0. The Labute approximate surface area is 291 Å². The van der Waals surface area contributed by atoms with Gasteiger partial charge >= 0.3 is 0 Å². The quantitative estimate of drug-likeness (QED) is 0.272. The van der Waals surface area contributed by atoms with Gasteiger partial charge in [0.25, 0.3) is 0 Å². The molecule has 0 amide bonds. The van der Waals surface area contributed by atoms with Gasteiger partial charge in [-0.05, 0) is 112 Å². The Kier molecular flexibility index (Phi) is 75.8. The van der Waals surface area contributed by atoms with Gasteiger partial charge in [-0.3, -0.25) is 0 Å². The van der Waals surface area contributed by atoms with Crippen LogP contribution in [-0.4, -0.2) is 50.9 Å². The Bertz CT molecular complexity index is 316. The van der Waals surface area contributed by atoms with E-state index in [0.717, 1.165) is 25.0 Å². The monoisotopic (exact) mass is 657 g/mol. The lowest BCUT2D eigenvalue weighted by Crippen LogP contribution is -2.29. The van der Waals surface area contributed by atoms with Crippen LogP contribution in [0.4, 0.5) is 0 Å². The van der Waals surface area contributed by atoms with Crippen LogP contribution in [0, 0.1) is 22.7 Å². The lowest BCUT2D eigenvalue weighted by molar-refractivity contribution is 0.0968. The Morgan fingerprint density at radius 2 is 0.659 bits per heavy atom. The molecular formula is C40H100N2OS. The molecule has 0 saturated carbocycles. The molecule has 4 aliphatic heterocycles. The maximum absolute atomic E-state index is 5.07. The fraction of sp³-hybridized carbons (Fsp3) is 1.00. The first-order chi connectivity index (χ1) is 18.0. The zero-order valence-corrected chi connectivity index (χ0v) is 30.8. The van der Waals surface area contributed by atoms with Crippen LogP contribution in [-0.2, 0) is 4.74 Å². The third-order valence-corrected chi connectivity index (χ3v) is 4.97. The van der Waals surface area contributed by atoms with Gasteiger partial charge in [0.15, 0.2) is 0 Å². The summed E-state index contributed by atoms with van der Waals surface area (Å²) >= 11 is 2.07. The van der Waals surface area contributed by atoms with Crippen LogP contribution in [0.1, 0.15) is 192 Å². The van der Waals surface area contributed by atoms with Gasteiger partial charge in [0, 0.05) is 13.2 Å². The van der Waals surface area contributed by atoms with Gasteiger partial charge in [0.1, 0.15) is 0 Å². The Balaban J connectivity index is -0.0000000450. The van der Waals surface area contributed by atoms with E-state index in [9.17, 15) is 0 Å². The zero-order chi connectivity index (χ0) is 31.0.